The molecule has 3 unspecified atom stereocenters. The zero-order chi connectivity index (χ0) is 12.2. The van der Waals surface area contributed by atoms with Crippen molar-refractivity contribution < 1.29 is 5.11 Å². The van der Waals surface area contributed by atoms with Crippen molar-refractivity contribution in [2.75, 3.05) is 27.2 Å². The largest absolute Gasteiger partial charge is 0.388 e. The number of nitrogens with one attached hydrogen (secondary N) is 1. The average molecular weight is 225 g/mol. The standard InChI is InChI=1S/C12H23N3O/c1-12(16,9-15(2)3)8-14-11-6-4-5-10(11)7-13/h10-11,14,16H,4-6,8-9H2,1-3H3. The molecule has 1 fully saturated rings. The second-order valence-electron chi connectivity index (χ2n) is 5.39. The van der Waals surface area contributed by atoms with Gasteiger partial charge in [-0.05, 0) is 33.9 Å². The fourth-order valence-corrected chi connectivity index (χ4v) is 2.45. The van der Waals surface area contributed by atoms with E-state index in [1.54, 1.807) is 0 Å². The van der Waals surface area contributed by atoms with Gasteiger partial charge in [-0.1, -0.05) is 6.42 Å². The van der Waals surface area contributed by atoms with E-state index in [1.165, 1.54) is 0 Å². The predicted molar refractivity (Wildman–Crippen MR) is 63.9 cm³/mol. The highest BCUT2D eigenvalue weighted by molar-refractivity contribution is 4.97. The Bertz CT molecular complexity index is 257. The molecule has 0 aromatic heterocycles. The summed E-state index contributed by atoms with van der Waals surface area (Å²) >= 11 is 0. The Morgan fingerprint density at radius 1 is 1.50 bits per heavy atom. The summed E-state index contributed by atoms with van der Waals surface area (Å²) in [5.41, 5.74) is -0.730. The quantitative estimate of drug-likeness (QED) is 0.718. The summed E-state index contributed by atoms with van der Waals surface area (Å²) in [7, 11) is 3.89. The van der Waals surface area contributed by atoms with Crippen molar-refractivity contribution in [2.45, 2.75) is 37.8 Å². The van der Waals surface area contributed by atoms with Gasteiger partial charge in [0.1, 0.15) is 0 Å². The van der Waals surface area contributed by atoms with Crippen molar-refractivity contribution in [1.29, 1.82) is 5.26 Å². The van der Waals surface area contributed by atoms with Crippen LogP contribution in [-0.2, 0) is 0 Å². The van der Waals surface area contributed by atoms with Crippen LogP contribution in [0.5, 0.6) is 0 Å². The fraction of sp³-hybridized carbons (Fsp3) is 0.917. The summed E-state index contributed by atoms with van der Waals surface area (Å²) < 4.78 is 0. The van der Waals surface area contributed by atoms with Crippen molar-refractivity contribution in [3.8, 4) is 6.07 Å². The third kappa shape index (κ3) is 4.09. The molecule has 0 heterocycles. The van der Waals surface area contributed by atoms with Crippen molar-refractivity contribution in [1.82, 2.24) is 10.2 Å². The van der Waals surface area contributed by atoms with Crippen LogP contribution >= 0.6 is 0 Å². The molecular formula is C12H23N3O. The van der Waals surface area contributed by atoms with Gasteiger partial charge in [0.25, 0.3) is 0 Å². The normalized spacial score (nSPS) is 29.0. The van der Waals surface area contributed by atoms with E-state index in [0.29, 0.717) is 13.1 Å². The molecule has 2 N–H and O–H groups in total. The smallest absolute Gasteiger partial charge is 0.0869 e. The molecule has 3 atom stereocenters. The average Bonchev–Trinajstić information content (AvgIpc) is 2.59. The van der Waals surface area contributed by atoms with Gasteiger partial charge in [0.05, 0.1) is 17.6 Å². The summed E-state index contributed by atoms with van der Waals surface area (Å²) in [4.78, 5) is 1.97. The van der Waals surface area contributed by atoms with Gasteiger partial charge in [0.2, 0.25) is 0 Å². The molecule has 0 saturated heterocycles. The second kappa shape index (κ2) is 5.62. The molecule has 0 amide bonds. The minimum absolute atomic E-state index is 0.121. The Morgan fingerprint density at radius 2 is 2.19 bits per heavy atom. The topological polar surface area (TPSA) is 59.3 Å². The van der Waals surface area contributed by atoms with Crippen LogP contribution in [0.3, 0.4) is 0 Å². The molecule has 0 aliphatic heterocycles. The van der Waals surface area contributed by atoms with Crippen LogP contribution in [0.2, 0.25) is 0 Å². The van der Waals surface area contributed by atoms with E-state index < -0.39 is 5.60 Å². The maximum Gasteiger partial charge on any atom is 0.0869 e. The first-order valence-electron chi connectivity index (χ1n) is 5.95. The monoisotopic (exact) mass is 225 g/mol. The van der Waals surface area contributed by atoms with Crippen molar-refractivity contribution in [3.05, 3.63) is 0 Å². The molecule has 1 saturated carbocycles. The van der Waals surface area contributed by atoms with E-state index >= 15 is 0 Å². The molecule has 0 aromatic rings. The van der Waals surface area contributed by atoms with E-state index in [1.807, 2.05) is 25.9 Å². The minimum Gasteiger partial charge on any atom is -0.388 e. The molecule has 4 heteroatoms. The van der Waals surface area contributed by atoms with Gasteiger partial charge in [0, 0.05) is 19.1 Å². The number of likely N-dealkylation sites (N-methyl/N-ethyl adjacent to an activating group) is 1. The van der Waals surface area contributed by atoms with E-state index in [9.17, 15) is 5.11 Å². The first-order chi connectivity index (χ1) is 7.44. The van der Waals surface area contributed by atoms with E-state index in [2.05, 4.69) is 11.4 Å². The zero-order valence-electron chi connectivity index (χ0n) is 10.5. The maximum absolute atomic E-state index is 10.1. The summed E-state index contributed by atoms with van der Waals surface area (Å²) in [5, 5.41) is 22.4. The molecule has 0 radical (unpaired) electrons. The molecule has 0 spiro atoms. The van der Waals surface area contributed by atoms with Gasteiger partial charge >= 0.3 is 0 Å². The molecule has 16 heavy (non-hydrogen) atoms. The van der Waals surface area contributed by atoms with Crippen molar-refractivity contribution >= 4 is 0 Å². The Kier molecular flexibility index (Phi) is 4.72. The Morgan fingerprint density at radius 3 is 2.75 bits per heavy atom. The summed E-state index contributed by atoms with van der Waals surface area (Å²) in [6.45, 7) is 3.01. The fourth-order valence-electron chi connectivity index (χ4n) is 2.45. The van der Waals surface area contributed by atoms with Gasteiger partial charge in [-0.25, -0.2) is 0 Å². The third-order valence-electron chi connectivity index (χ3n) is 3.08. The summed E-state index contributed by atoms with van der Waals surface area (Å²) in [5.74, 6) is 0.121. The number of nitrogens with zero attached hydrogens (tertiary/aromatic N) is 2. The van der Waals surface area contributed by atoms with E-state index in [4.69, 9.17) is 5.26 Å². The predicted octanol–water partition coefficient (Wildman–Crippen LogP) is 0.581. The number of aliphatic hydroxyl groups is 1. The molecule has 1 rings (SSSR count). The molecule has 92 valence electrons. The van der Waals surface area contributed by atoms with E-state index in [0.717, 1.165) is 19.3 Å². The maximum atomic E-state index is 10.1. The molecule has 1 aliphatic rings. The van der Waals surface area contributed by atoms with Crippen molar-refractivity contribution in [3.63, 3.8) is 0 Å². The first kappa shape index (κ1) is 13.4. The lowest BCUT2D eigenvalue weighted by atomic mass is 10.0. The van der Waals surface area contributed by atoms with Gasteiger partial charge < -0.3 is 15.3 Å². The molecule has 1 aliphatic carbocycles. The third-order valence-corrected chi connectivity index (χ3v) is 3.08. The lowest BCUT2D eigenvalue weighted by Crippen LogP contribution is -2.48. The van der Waals surface area contributed by atoms with Gasteiger partial charge in [-0.15, -0.1) is 0 Å². The number of nitriles is 1. The van der Waals surface area contributed by atoms with Crippen LogP contribution in [0.25, 0.3) is 0 Å². The van der Waals surface area contributed by atoms with Gasteiger partial charge in [-0.3, -0.25) is 0 Å². The molecular weight excluding hydrogens is 202 g/mol. The lowest BCUT2D eigenvalue weighted by molar-refractivity contribution is 0.0308. The highest BCUT2D eigenvalue weighted by atomic mass is 16.3. The van der Waals surface area contributed by atoms with Gasteiger partial charge in [0.15, 0.2) is 0 Å². The second-order valence-corrected chi connectivity index (χ2v) is 5.39. The minimum atomic E-state index is -0.730. The van der Waals surface area contributed by atoms with Gasteiger partial charge in [-0.2, -0.15) is 5.26 Å². The SMILES string of the molecule is CN(C)CC(C)(O)CNC1CCCC1C#N. The van der Waals surface area contributed by atoms with Crippen LogP contribution < -0.4 is 5.32 Å². The number of rotatable bonds is 5. The van der Waals surface area contributed by atoms with Crippen LogP contribution in [-0.4, -0.2) is 48.8 Å². The zero-order valence-corrected chi connectivity index (χ0v) is 10.5. The summed E-state index contributed by atoms with van der Waals surface area (Å²) in [6, 6.07) is 2.60. The molecule has 0 aromatic carbocycles. The Balaban J connectivity index is 2.36. The number of hydrogen-bond acceptors (Lipinski definition) is 4. The highest BCUT2D eigenvalue weighted by Gasteiger charge is 2.29. The lowest BCUT2D eigenvalue weighted by Gasteiger charge is -2.29. The van der Waals surface area contributed by atoms with Crippen LogP contribution in [0.1, 0.15) is 26.2 Å². The Labute approximate surface area is 98.2 Å². The highest BCUT2D eigenvalue weighted by Crippen LogP contribution is 2.25. The molecule has 0 bridgehead atoms. The molecule has 4 nitrogen and oxygen atoms in total. The van der Waals surface area contributed by atoms with Crippen molar-refractivity contribution in [2.24, 2.45) is 5.92 Å². The van der Waals surface area contributed by atoms with Crippen LogP contribution in [0.15, 0.2) is 0 Å². The van der Waals surface area contributed by atoms with Crippen LogP contribution in [0.4, 0.5) is 0 Å². The van der Waals surface area contributed by atoms with E-state index in [-0.39, 0.29) is 12.0 Å². The number of hydrogen-bond donors (Lipinski definition) is 2. The van der Waals surface area contributed by atoms with Crippen LogP contribution in [0, 0.1) is 17.2 Å². The summed E-state index contributed by atoms with van der Waals surface area (Å²) in [6.07, 6.45) is 3.16. The Hall–Kier alpha value is -0.630. The first-order valence-corrected chi connectivity index (χ1v) is 5.95.